The first kappa shape index (κ1) is 11.2. The van der Waals surface area contributed by atoms with E-state index in [9.17, 15) is 0 Å². The molecule has 0 aliphatic rings. The second-order valence-corrected chi connectivity index (χ2v) is 5.03. The molecule has 3 heteroatoms. The minimum Gasteiger partial charge on any atom is -0.393 e. The number of hydrogen-bond acceptors (Lipinski definition) is 2. The van der Waals surface area contributed by atoms with Crippen LogP contribution in [0, 0.1) is 0 Å². The summed E-state index contributed by atoms with van der Waals surface area (Å²) in [4.78, 5) is 0. The molecule has 0 atom stereocenters. The predicted molar refractivity (Wildman–Crippen MR) is 60.6 cm³/mol. The van der Waals surface area contributed by atoms with Crippen molar-refractivity contribution in [3.05, 3.63) is 36.4 Å². The maximum Gasteiger partial charge on any atom is 0.423 e. The third-order valence-corrected chi connectivity index (χ3v) is 3.49. The molecule has 1 rings (SSSR count). The summed E-state index contributed by atoms with van der Waals surface area (Å²) in [6.45, 7) is 5.90. The number of rotatable bonds is 4. The summed E-state index contributed by atoms with van der Waals surface area (Å²) >= 11 is 0. The van der Waals surface area contributed by atoms with Gasteiger partial charge in [-0.15, -0.1) is 0 Å². The van der Waals surface area contributed by atoms with E-state index < -0.39 is 9.28 Å². The molecule has 14 heavy (non-hydrogen) atoms. The van der Waals surface area contributed by atoms with Crippen LogP contribution < -0.4 is 5.19 Å². The van der Waals surface area contributed by atoms with Gasteiger partial charge in [-0.3, -0.25) is 0 Å². The lowest BCUT2D eigenvalue weighted by Crippen LogP contribution is -2.34. The summed E-state index contributed by atoms with van der Waals surface area (Å²) < 4.78 is 10.5. The molecule has 2 nitrogen and oxygen atoms in total. The lowest BCUT2D eigenvalue weighted by atomic mass is 10.1. The third-order valence-electron chi connectivity index (χ3n) is 1.96. The first-order valence-corrected chi connectivity index (χ1v) is 5.72. The summed E-state index contributed by atoms with van der Waals surface area (Å²) in [5.41, 5.74) is 2.19. The zero-order chi connectivity index (χ0) is 10.6. The van der Waals surface area contributed by atoms with Gasteiger partial charge in [0.05, 0.1) is 0 Å². The van der Waals surface area contributed by atoms with E-state index in [0.717, 1.165) is 16.3 Å². The fourth-order valence-corrected chi connectivity index (χ4v) is 2.37. The second-order valence-electron chi connectivity index (χ2n) is 3.06. The zero-order valence-electron chi connectivity index (χ0n) is 8.83. The van der Waals surface area contributed by atoms with Crippen LogP contribution in [-0.4, -0.2) is 23.5 Å². The van der Waals surface area contributed by atoms with Crippen LogP contribution in [-0.2, 0) is 8.85 Å². The average molecular weight is 207 g/mol. The van der Waals surface area contributed by atoms with E-state index in [4.69, 9.17) is 8.85 Å². The van der Waals surface area contributed by atoms with E-state index >= 15 is 0 Å². The highest BCUT2D eigenvalue weighted by molar-refractivity contribution is 6.61. The minimum absolute atomic E-state index is 1.06. The van der Waals surface area contributed by atoms with Gasteiger partial charge in [-0.2, -0.15) is 0 Å². The van der Waals surface area contributed by atoms with Crippen molar-refractivity contribution in [3.63, 3.8) is 0 Å². The lowest BCUT2D eigenvalue weighted by Gasteiger charge is -2.10. The largest absolute Gasteiger partial charge is 0.423 e. The Morgan fingerprint density at radius 3 is 2.43 bits per heavy atom. The first-order chi connectivity index (χ1) is 6.69. The molecule has 0 heterocycles. The topological polar surface area (TPSA) is 18.5 Å². The van der Waals surface area contributed by atoms with Crippen LogP contribution in [0.25, 0.3) is 5.57 Å². The molecule has 0 aliphatic carbocycles. The van der Waals surface area contributed by atoms with Crippen molar-refractivity contribution in [2.45, 2.75) is 6.92 Å². The van der Waals surface area contributed by atoms with Crippen LogP contribution in [0.5, 0.6) is 0 Å². The highest BCUT2D eigenvalue weighted by atomic mass is 28.3. The van der Waals surface area contributed by atoms with Gasteiger partial charge < -0.3 is 8.85 Å². The molecular formula is C11H15O2Si. The van der Waals surface area contributed by atoms with Gasteiger partial charge in [0.2, 0.25) is 0 Å². The Morgan fingerprint density at radius 2 is 1.93 bits per heavy atom. The van der Waals surface area contributed by atoms with Crippen molar-refractivity contribution >= 4 is 20.0 Å². The smallest absolute Gasteiger partial charge is 0.393 e. The number of hydrogen-bond donors (Lipinski definition) is 0. The van der Waals surface area contributed by atoms with Crippen molar-refractivity contribution in [1.82, 2.24) is 0 Å². The van der Waals surface area contributed by atoms with Gasteiger partial charge in [-0.25, -0.2) is 0 Å². The molecule has 1 aromatic carbocycles. The van der Waals surface area contributed by atoms with Crippen LogP contribution in [0.3, 0.4) is 0 Å². The molecule has 0 fully saturated rings. The highest BCUT2D eigenvalue weighted by Gasteiger charge is 2.15. The molecule has 0 unspecified atom stereocenters. The van der Waals surface area contributed by atoms with E-state index in [1.54, 1.807) is 14.2 Å². The normalized spacial score (nSPS) is 10.6. The quantitative estimate of drug-likeness (QED) is 0.700. The van der Waals surface area contributed by atoms with Crippen molar-refractivity contribution < 1.29 is 8.85 Å². The second kappa shape index (κ2) is 5.10. The monoisotopic (exact) mass is 207 g/mol. The van der Waals surface area contributed by atoms with Gasteiger partial charge in [0.15, 0.2) is 0 Å². The van der Waals surface area contributed by atoms with Gasteiger partial charge in [0.25, 0.3) is 0 Å². The number of allylic oxidation sites excluding steroid dienone is 1. The summed E-state index contributed by atoms with van der Waals surface area (Å²) in [5.74, 6) is 0. The molecule has 0 amide bonds. The van der Waals surface area contributed by atoms with Crippen LogP contribution in [0.15, 0.2) is 30.8 Å². The fourth-order valence-electron chi connectivity index (χ4n) is 1.23. The Bertz CT molecular complexity index is 319. The molecular weight excluding hydrogens is 192 g/mol. The zero-order valence-corrected chi connectivity index (χ0v) is 9.83. The van der Waals surface area contributed by atoms with Crippen molar-refractivity contribution in [1.29, 1.82) is 0 Å². The standard InChI is InChI=1S/C11H15O2Si/c1-9(2)10-6-5-7-11(8-10)14(12-3)13-4/h5-8H,1H2,2-4H3. The Labute approximate surface area is 87.0 Å². The highest BCUT2D eigenvalue weighted by Crippen LogP contribution is 2.09. The van der Waals surface area contributed by atoms with Crippen LogP contribution in [0.1, 0.15) is 12.5 Å². The van der Waals surface area contributed by atoms with E-state index in [-0.39, 0.29) is 0 Å². The number of benzene rings is 1. The molecule has 0 saturated carbocycles. The third kappa shape index (κ3) is 2.54. The van der Waals surface area contributed by atoms with Gasteiger partial charge in [-0.1, -0.05) is 36.4 Å². The van der Waals surface area contributed by atoms with Crippen LogP contribution in [0.4, 0.5) is 0 Å². The van der Waals surface area contributed by atoms with Gasteiger partial charge in [0, 0.05) is 14.2 Å². The predicted octanol–water partition coefficient (Wildman–Crippen LogP) is 1.71. The molecule has 0 spiro atoms. The molecule has 1 aromatic rings. The Hall–Kier alpha value is -0.903. The SMILES string of the molecule is C=C(C)c1cccc([Si](OC)OC)c1. The first-order valence-electron chi connectivity index (χ1n) is 4.40. The summed E-state index contributed by atoms with van der Waals surface area (Å²) in [6, 6.07) is 8.13. The van der Waals surface area contributed by atoms with Crippen LogP contribution in [0.2, 0.25) is 0 Å². The molecule has 0 aromatic heterocycles. The molecule has 75 valence electrons. The van der Waals surface area contributed by atoms with Gasteiger partial charge >= 0.3 is 9.28 Å². The fraction of sp³-hybridized carbons (Fsp3) is 0.273. The molecule has 0 N–H and O–H groups in total. The van der Waals surface area contributed by atoms with Crippen LogP contribution >= 0.6 is 0 Å². The van der Waals surface area contributed by atoms with E-state index in [2.05, 4.69) is 12.6 Å². The van der Waals surface area contributed by atoms with Crippen molar-refractivity contribution in [2.75, 3.05) is 14.2 Å². The van der Waals surface area contributed by atoms with E-state index in [0.29, 0.717) is 0 Å². The summed E-state index contributed by atoms with van der Waals surface area (Å²) in [5, 5.41) is 1.11. The minimum atomic E-state index is -1.30. The van der Waals surface area contributed by atoms with E-state index in [1.807, 2.05) is 25.1 Å². The Kier molecular flexibility index (Phi) is 4.07. The van der Waals surface area contributed by atoms with E-state index in [1.165, 1.54) is 0 Å². The summed E-state index contributed by atoms with van der Waals surface area (Å²) in [7, 11) is 2.05. The molecule has 0 saturated heterocycles. The average Bonchev–Trinajstić information content (AvgIpc) is 2.20. The van der Waals surface area contributed by atoms with Crippen molar-refractivity contribution in [2.24, 2.45) is 0 Å². The lowest BCUT2D eigenvalue weighted by molar-refractivity contribution is 0.292. The maximum absolute atomic E-state index is 5.27. The van der Waals surface area contributed by atoms with Crippen molar-refractivity contribution in [3.8, 4) is 0 Å². The summed E-state index contributed by atoms with van der Waals surface area (Å²) in [6.07, 6.45) is 0. The Balaban J connectivity index is 2.98. The molecule has 1 radical (unpaired) electrons. The Morgan fingerprint density at radius 1 is 1.29 bits per heavy atom. The van der Waals surface area contributed by atoms with Gasteiger partial charge in [-0.05, 0) is 17.7 Å². The van der Waals surface area contributed by atoms with Gasteiger partial charge in [0.1, 0.15) is 0 Å². The molecule has 0 bridgehead atoms. The maximum atomic E-state index is 5.27. The molecule has 0 aliphatic heterocycles.